The molecule has 3 N–H and O–H groups in total. The summed E-state index contributed by atoms with van der Waals surface area (Å²) in [6.45, 7) is 1.59. The zero-order valence-corrected chi connectivity index (χ0v) is 8.46. The van der Waals surface area contributed by atoms with Crippen molar-refractivity contribution in [1.29, 1.82) is 0 Å². The van der Waals surface area contributed by atoms with E-state index in [2.05, 4.69) is 10.3 Å². The quantitative estimate of drug-likeness (QED) is 0.734. The standard InChI is InChI=1S/C10H12ClN3/c11-9-3-1-7(2-4-9)8-5-13-10(12)14-6-8/h1-4,8H,5-6H2,(H3,12,13,14). The van der Waals surface area contributed by atoms with Gasteiger partial charge in [-0.15, -0.1) is 0 Å². The lowest BCUT2D eigenvalue weighted by Crippen LogP contribution is -2.39. The Balaban J connectivity index is 2.13. The second kappa shape index (κ2) is 3.88. The Morgan fingerprint density at radius 2 is 2.07 bits per heavy atom. The largest absolute Gasteiger partial charge is 0.370 e. The number of aliphatic imine (C=N–C) groups is 1. The van der Waals surface area contributed by atoms with Crippen molar-refractivity contribution in [1.82, 2.24) is 5.32 Å². The maximum absolute atomic E-state index is 5.81. The van der Waals surface area contributed by atoms with Crippen molar-refractivity contribution >= 4 is 17.6 Å². The van der Waals surface area contributed by atoms with Crippen LogP contribution in [0.4, 0.5) is 0 Å². The van der Waals surface area contributed by atoms with Gasteiger partial charge in [-0.2, -0.15) is 0 Å². The van der Waals surface area contributed by atoms with Gasteiger partial charge < -0.3 is 11.1 Å². The number of guanidine groups is 1. The molecule has 0 aromatic heterocycles. The van der Waals surface area contributed by atoms with Gasteiger partial charge in [0.05, 0.1) is 6.54 Å². The van der Waals surface area contributed by atoms with E-state index in [0.29, 0.717) is 11.9 Å². The van der Waals surface area contributed by atoms with Crippen LogP contribution in [-0.4, -0.2) is 19.0 Å². The van der Waals surface area contributed by atoms with Gasteiger partial charge in [0.2, 0.25) is 0 Å². The van der Waals surface area contributed by atoms with Crippen LogP contribution in [0.3, 0.4) is 0 Å². The van der Waals surface area contributed by atoms with Gasteiger partial charge >= 0.3 is 0 Å². The Labute approximate surface area is 88.0 Å². The fourth-order valence-electron chi connectivity index (χ4n) is 1.51. The van der Waals surface area contributed by atoms with Crippen LogP contribution >= 0.6 is 11.6 Å². The summed E-state index contributed by atoms with van der Waals surface area (Å²) in [5.41, 5.74) is 6.77. The highest BCUT2D eigenvalue weighted by Crippen LogP contribution is 2.19. The predicted molar refractivity (Wildman–Crippen MR) is 58.7 cm³/mol. The molecule has 2 rings (SSSR count). The average molecular weight is 210 g/mol. The van der Waals surface area contributed by atoms with E-state index in [1.165, 1.54) is 5.56 Å². The Hall–Kier alpha value is -1.22. The van der Waals surface area contributed by atoms with E-state index in [0.717, 1.165) is 18.1 Å². The first kappa shape index (κ1) is 9.34. The minimum atomic E-state index is 0.402. The minimum absolute atomic E-state index is 0.402. The highest BCUT2D eigenvalue weighted by Gasteiger charge is 2.14. The van der Waals surface area contributed by atoms with Crippen molar-refractivity contribution < 1.29 is 0 Å². The van der Waals surface area contributed by atoms with Crippen LogP contribution in [0, 0.1) is 0 Å². The molecule has 0 bridgehead atoms. The summed E-state index contributed by atoms with van der Waals surface area (Å²) in [6, 6.07) is 7.87. The fraction of sp³-hybridized carbons (Fsp3) is 0.300. The summed E-state index contributed by atoms with van der Waals surface area (Å²) in [6.07, 6.45) is 0. The molecule has 3 nitrogen and oxygen atoms in total. The summed E-state index contributed by atoms with van der Waals surface area (Å²) in [5, 5.41) is 3.80. The summed E-state index contributed by atoms with van der Waals surface area (Å²) in [7, 11) is 0. The SMILES string of the molecule is NC1=NCC(c2ccc(Cl)cc2)CN1. The van der Waals surface area contributed by atoms with E-state index in [4.69, 9.17) is 17.3 Å². The normalized spacial score (nSPS) is 21.2. The first-order valence-corrected chi connectivity index (χ1v) is 4.93. The molecule has 1 aromatic carbocycles. The van der Waals surface area contributed by atoms with Gasteiger partial charge in [0.15, 0.2) is 5.96 Å². The molecular weight excluding hydrogens is 198 g/mol. The van der Waals surface area contributed by atoms with Gasteiger partial charge in [-0.3, -0.25) is 4.99 Å². The van der Waals surface area contributed by atoms with Crippen molar-refractivity contribution in [2.24, 2.45) is 10.7 Å². The van der Waals surface area contributed by atoms with Crippen LogP contribution in [0.5, 0.6) is 0 Å². The summed E-state index contributed by atoms with van der Waals surface area (Å²) in [5.74, 6) is 0.940. The van der Waals surface area contributed by atoms with E-state index < -0.39 is 0 Å². The van der Waals surface area contributed by atoms with E-state index in [9.17, 15) is 0 Å². The van der Waals surface area contributed by atoms with Gasteiger partial charge in [0, 0.05) is 17.5 Å². The number of hydrogen-bond donors (Lipinski definition) is 2. The third kappa shape index (κ3) is 1.99. The van der Waals surface area contributed by atoms with Crippen molar-refractivity contribution in [3.63, 3.8) is 0 Å². The molecule has 0 fully saturated rings. The van der Waals surface area contributed by atoms with Gasteiger partial charge in [-0.1, -0.05) is 23.7 Å². The Morgan fingerprint density at radius 3 is 2.64 bits per heavy atom. The Kier molecular flexibility index (Phi) is 2.59. The smallest absolute Gasteiger partial charge is 0.188 e. The molecule has 0 radical (unpaired) electrons. The Morgan fingerprint density at radius 1 is 1.36 bits per heavy atom. The molecule has 0 aliphatic carbocycles. The molecule has 1 aliphatic rings. The Bertz CT molecular complexity index is 345. The van der Waals surface area contributed by atoms with Crippen LogP contribution in [0.25, 0.3) is 0 Å². The van der Waals surface area contributed by atoms with Gasteiger partial charge in [-0.05, 0) is 17.7 Å². The molecule has 0 saturated carbocycles. The fourth-order valence-corrected chi connectivity index (χ4v) is 1.64. The molecule has 4 heteroatoms. The van der Waals surface area contributed by atoms with Crippen LogP contribution < -0.4 is 11.1 Å². The molecule has 1 unspecified atom stereocenters. The summed E-state index contributed by atoms with van der Waals surface area (Å²) in [4.78, 5) is 4.16. The highest BCUT2D eigenvalue weighted by molar-refractivity contribution is 6.30. The molecule has 14 heavy (non-hydrogen) atoms. The number of rotatable bonds is 1. The van der Waals surface area contributed by atoms with Gasteiger partial charge in [0.1, 0.15) is 0 Å². The van der Waals surface area contributed by atoms with Crippen molar-refractivity contribution in [2.75, 3.05) is 13.1 Å². The molecule has 1 heterocycles. The summed E-state index contributed by atoms with van der Waals surface area (Å²) >= 11 is 5.81. The lowest BCUT2D eigenvalue weighted by Gasteiger charge is -2.21. The number of benzene rings is 1. The zero-order valence-electron chi connectivity index (χ0n) is 7.70. The molecule has 1 atom stereocenters. The number of nitrogens with one attached hydrogen (secondary N) is 1. The van der Waals surface area contributed by atoms with E-state index in [-0.39, 0.29) is 0 Å². The van der Waals surface area contributed by atoms with Crippen molar-refractivity contribution in [2.45, 2.75) is 5.92 Å². The van der Waals surface area contributed by atoms with Gasteiger partial charge in [0.25, 0.3) is 0 Å². The lowest BCUT2D eigenvalue weighted by molar-refractivity contribution is 0.635. The van der Waals surface area contributed by atoms with Crippen LogP contribution in [0.1, 0.15) is 11.5 Å². The van der Waals surface area contributed by atoms with Crippen LogP contribution in [0.2, 0.25) is 5.02 Å². The molecule has 1 aliphatic heterocycles. The minimum Gasteiger partial charge on any atom is -0.370 e. The first-order valence-electron chi connectivity index (χ1n) is 4.55. The maximum atomic E-state index is 5.81. The van der Waals surface area contributed by atoms with Crippen molar-refractivity contribution in [3.8, 4) is 0 Å². The molecule has 0 amide bonds. The number of halogens is 1. The average Bonchev–Trinajstić information content (AvgIpc) is 2.21. The zero-order chi connectivity index (χ0) is 9.97. The van der Waals surface area contributed by atoms with Gasteiger partial charge in [-0.25, -0.2) is 0 Å². The lowest BCUT2D eigenvalue weighted by atomic mass is 9.98. The maximum Gasteiger partial charge on any atom is 0.188 e. The van der Waals surface area contributed by atoms with Crippen LogP contribution in [0.15, 0.2) is 29.3 Å². The molecule has 74 valence electrons. The van der Waals surface area contributed by atoms with E-state index in [1.54, 1.807) is 0 Å². The second-order valence-electron chi connectivity index (χ2n) is 3.36. The molecule has 0 saturated heterocycles. The number of hydrogen-bond acceptors (Lipinski definition) is 3. The topological polar surface area (TPSA) is 50.4 Å². The first-order chi connectivity index (χ1) is 6.75. The monoisotopic (exact) mass is 209 g/mol. The van der Waals surface area contributed by atoms with E-state index >= 15 is 0 Å². The number of nitrogens with two attached hydrogens (primary N) is 1. The molecule has 0 spiro atoms. The second-order valence-corrected chi connectivity index (χ2v) is 3.79. The van der Waals surface area contributed by atoms with Crippen LogP contribution in [-0.2, 0) is 0 Å². The molecular formula is C10H12ClN3. The third-order valence-electron chi connectivity index (χ3n) is 2.35. The predicted octanol–water partition coefficient (Wildman–Crippen LogP) is 1.34. The molecule has 1 aromatic rings. The summed E-state index contributed by atoms with van der Waals surface area (Å²) < 4.78 is 0. The third-order valence-corrected chi connectivity index (χ3v) is 2.60. The van der Waals surface area contributed by atoms with E-state index in [1.807, 2.05) is 24.3 Å². The highest BCUT2D eigenvalue weighted by atomic mass is 35.5. The number of nitrogens with zero attached hydrogens (tertiary/aromatic N) is 1. The van der Waals surface area contributed by atoms with Crippen molar-refractivity contribution in [3.05, 3.63) is 34.9 Å².